The van der Waals surface area contributed by atoms with E-state index in [1.54, 1.807) is 18.5 Å². The first-order valence-corrected chi connectivity index (χ1v) is 5.20. The second-order valence-electron chi connectivity index (χ2n) is 3.67. The van der Waals surface area contributed by atoms with Crippen molar-refractivity contribution in [1.29, 1.82) is 0 Å². The van der Waals surface area contributed by atoms with E-state index >= 15 is 0 Å². The topological polar surface area (TPSA) is 40.7 Å². The summed E-state index contributed by atoms with van der Waals surface area (Å²) in [5.41, 5.74) is 2.69. The Morgan fingerprint density at radius 2 is 2.12 bits per heavy atom. The second kappa shape index (κ2) is 4.90. The Hall–Kier alpha value is -1.68. The minimum Gasteiger partial charge on any atom is -0.348 e. The smallest absolute Gasteiger partial charge is 0.127 e. The number of nitrogens with zero attached hydrogens (tertiary/aromatic N) is 1. The highest BCUT2D eigenvalue weighted by atomic mass is 19.1. The van der Waals surface area contributed by atoms with Gasteiger partial charge >= 0.3 is 0 Å². The van der Waals surface area contributed by atoms with Crippen LogP contribution in [0.5, 0.6) is 0 Å². The van der Waals surface area contributed by atoms with Crippen LogP contribution in [0.3, 0.4) is 0 Å². The monoisotopic (exact) mass is 219 g/mol. The molecule has 0 unspecified atom stereocenters. The largest absolute Gasteiger partial charge is 0.348 e. The number of aromatic nitrogens is 2. The zero-order valence-corrected chi connectivity index (χ0v) is 9.13. The third-order valence-electron chi connectivity index (χ3n) is 2.50. The molecule has 0 amide bonds. The van der Waals surface area contributed by atoms with Crippen molar-refractivity contribution in [2.45, 2.75) is 20.0 Å². The maximum absolute atomic E-state index is 13.3. The number of aromatic amines is 1. The number of H-pyrrole nitrogens is 1. The van der Waals surface area contributed by atoms with Crippen LogP contribution < -0.4 is 5.32 Å². The van der Waals surface area contributed by atoms with E-state index in [1.165, 1.54) is 6.07 Å². The standard InChI is InChI=1S/C12H14FN3/c1-9-12(16-8-15-9)7-14-6-10-4-2-3-5-11(10)13/h2-5,8,14H,6-7H2,1H3,(H,15,16). The van der Waals surface area contributed by atoms with Crippen LogP contribution in [0.4, 0.5) is 4.39 Å². The van der Waals surface area contributed by atoms with Gasteiger partial charge in [0.1, 0.15) is 5.82 Å². The number of rotatable bonds is 4. The zero-order chi connectivity index (χ0) is 11.4. The summed E-state index contributed by atoms with van der Waals surface area (Å²) in [5, 5.41) is 3.16. The number of hydrogen-bond donors (Lipinski definition) is 2. The summed E-state index contributed by atoms with van der Waals surface area (Å²) in [7, 11) is 0. The number of hydrogen-bond acceptors (Lipinski definition) is 2. The fourth-order valence-corrected chi connectivity index (χ4v) is 1.52. The number of aryl methyl sites for hydroxylation is 1. The molecule has 3 nitrogen and oxygen atoms in total. The molecule has 2 rings (SSSR count). The van der Waals surface area contributed by atoms with E-state index in [9.17, 15) is 4.39 Å². The predicted molar refractivity (Wildman–Crippen MR) is 60.3 cm³/mol. The van der Waals surface area contributed by atoms with Crippen LogP contribution >= 0.6 is 0 Å². The Bertz CT molecular complexity index is 465. The van der Waals surface area contributed by atoms with E-state index in [4.69, 9.17) is 0 Å². The average molecular weight is 219 g/mol. The molecule has 1 heterocycles. The molecule has 0 saturated carbocycles. The lowest BCUT2D eigenvalue weighted by Crippen LogP contribution is -2.14. The first-order valence-electron chi connectivity index (χ1n) is 5.20. The van der Waals surface area contributed by atoms with Crippen LogP contribution in [0, 0.1) is 12.7 Å². The summed E-state index contributed by atoms with van der Waals surface area (Å²) >= 11 is 0. The SMILES string of the molecule is Cc1[nH]cnc1CNCc1ccccc1F. The lowest BCUT2D eigenvalue weighted by Gasteiger charge is -2.04. The molecule has 2 N–H and O–H groups in total. The highest BCUT2D eigenvalue weighted by molar-refractivity contribution is 5.17. The van der Waals surface area contributed by atoms with Gasteiger partial charge in [0, 0.05) is 24.3 Å². The molecular formula is C12H14FN3. The van der Waals surface area contributed by atoms with Crippen molar-refractivity contribution in [3.8, 4) is 0 Å². The molecule has 0 spiro atoms. The van der Waals surface area contributed by atoms with Gasteiger partial charge in [-0.15, -0.1) is 0 Å². The predicted octanol–water partition coefficient (Wildman–Crippen LogP) is 2.15. The highest BCUT2D eigenvalue weighted by Crippen LogP contribution is 2.06. The highest BCUT2D eigenvalue weighted by Gasteiger charge is 2.02. The molecule has 0 saturated heterocycles. The van der Waals surface area contributed by atoms with Gasteiger partial charge in [0.25, 0.3) is 0 Å². The van der Waals surface area contributed by atoms with E-state index in [2.05, 4.69) is 15.3 Å². The first-order chi connectivity index (χ1) is 7.77. The van der Waals surface area contributed by atoms with Crippen LogP contribution in [0.25, 0.3) is 0 Å². The fourth-order valence-electron chi connectivity index (χ4n) is 1.52. The summed E-state index contributed by atoms with van der Waals surface area (Å²) in [6.45, 7) is 3.12. The normalized spacial score (nSPS) is 10.6. The minimum absolute atomic E-state index is 0.172. The first kappa shape index (κ1) is 10.8. The van der Waals surface area contributed by atoms with Gasteiger partial charge in [0.15, 0.2) is 0 Å². The Kier molecular flexibility index (Phi) is 3.31. The van der Waals surface area contributed by atoms with Crippen molar-refractivity contribution in [3.05, 3.63) is 53.4 Å². The van der Waals surface area contributed by atoms with Gasteiger partial charge in [-0.05, 0) is 13.0 Å². The average Bonchev–Trinajstić information content (AvgIpc) is 2.67. The van der Waals surface area contributed by atoms with Crippen LogP contribution in [-0.4, -0.2) is 9.97 Å². The van der Waals surface area contributed by atoms with Gasteiger partial charge < -0.3 is 10.3 Å². The Morgan fingerprint density at radius 1 is 1.31 bits per heavy atom. The number of nitrogens with one attached hydrogen (secondary N) is 2. The summed E-state index contributed by atoms with van der Waals surface area (Å²) in [6.07, 6.45) is 1.66. The van der Waals surface area contributed by atoms with E-state index in [-0.39, 0.29) is 5.82 Å². The Labute approximate surface area is 93.7 Å². The third-order valence-corrected chi connectivity index (χ3v) is 2.50. The summed E-state index contributed by atoms with van der Waals surface area (Å²) in [4.78, 5) is 7.16. The summed E-state index contributed by atoms with van der Waals surface area (Å²) in [5.74, 6) is -0.172. The maximum atomic E-state index is 13.3. The number of benzene rings is 1. The van der Waals surface area contributed by atoms with Crippen LogP contribution in [0.1, 0.15) is 17.0 Å². The number of imidazole rings is 1. The molecule has 4 heteroatoms. The fraction of sp³-hybridized carbons (Fsp3) is 0.250. The van der Waals surface area contributed by atoms with Crippen molar-refractivity contribution in [2.75, 3.05) is 0 Å². The van der Waals surface area contributed by atoms with Crippen molar-refractivity contribution < 1.29 is 4.39 Å². The van der Waals surface area contributed by atoms with Crippen molar-refractivity contribution >= 4 is 0 Å². The molecule has 0 aliphatic heterocycles. The maximum Gasteiger partial charge on any atom is 0.127 e. The Morgan fingerprint density at radius 3 is 2.81 bits per heavy atom. The lowest BCUT2D eigenvalue weighted by molar-refractivity contribution is 0.586. The molecular weight excluding hydrogens is 205 g/mol. The molecule has 2 aromatic rings. The van der Waals surface area contributed by atoms with Gasteiger partial charge in [-0.1, -0.05) is 18.2 Å². The van der Waals surface area contributed by atoms with E-state index in [0.717, 1.165) is 11.4 Å². The third kappa shape index (κ3) is 2.46. The van der Waals surface area contributed by atoms with Crippen molar-refractivity contribution in [3.63, 3.8) is 0 Å². The second-order valence-corrected chi connectivity index (χ2v) is 3.67. The van der Waals surface area contributed by atoms with Crippen molar-refractivity contribution in [2.24, 2.45) is 0 Å². The zero-order valence-electron chi connectivity index (χ0n) is 9.13. The van der Waals surface area contributed by atoms with Crippen LogP contribution in [0.15, 0.2) is 30.6 Å². The Balaban J connectivity index is 1.89. The molecule has 1 aromatic carbocycles. The van der Waals surface area contributed by atoms with E-state index < -0.39 is 0 Å². The molecule has 0 fully saturated rings. The molecule has 84 valence electrons. The molecule has 0 atom stereocenters. The van der Waals surface area contributed by atoms with Crippen LogP contribution in [-0.2, 0) is 13.1 Å². The van der Waals surface area contributed by atoms with Crippen LogP contribution in [0.2, 0.25) is 0 Å². The van der Waals surface area contributed by atoms with Gasteiger partial charge in [-0.3, -0.25) is 0 Å². The van der Waals surface area contributed by atoms with Crippen molar-refractivity contribution in [1.82, 2.24) is 15.3 Å². The molecule has 0 aliphatic rings. The number of halogens is 1. The van der Waals surface area contributed by atoms with Gasteiger partial charge in [0.05, 0.1) is 12.0 Å². The van der Waals surface area contributed by atoms with Gasteiger partial charge in [-0.2, -0.15) is 0 Å². The summed E-state index contributed by atoms with van der Waals surface area (Å²) in [6, 6.07) is 6.77. The van der Waals surface area contributed by atoms with Gasteiger partial charge in [-0.25, -0.2) is 9.37 Å². The lowest BCUT2D eigenvalue weighted by atomic mass is 10.2. The van der Waals surface area contributed by atoms with E-state index in [1.807, 2.05) is 13.0 Å². The quantitative estimate of drug-likeness (QED) is 0.827. The summed E-state index contributed by atoms with van der Waals surface area (Å²) < 4.78 is 13.3. The molecule has 16 heavy (non-hydrogen) atoms. The van der Waals surface area contributed by atoms with Gasteiger partial charge in [0.2, 0.25) is 0 Å². The minimum atomic E-state index is -0.172. The van der Waals surface area contributed by atoms with E-state index in [0.29, 0.717) is 18.7 Å². The molecule has 0 bridgehead atoms. The molecule has 0 aliphatic carbocycles. The molecule has 1 aromatic heterocycles. The molecule has 0 radical (unpaired) electrons.